The van der Waals surface area contributed by atoms with Crippen LogP contribution in [0.3, 0.4) is 0 Å². The van der Waals surface area contributed by atoms with E-state index in [-0.39, 0.29) is 17.9 Å². The average molecular weight is 304 g/mol. The molecule has 8 heteroatoms. The Morgan fingerprint density at radius 2 is 2.10 bits per heavy atom. The van der Waals surface area contributed by atoms with Crippen LogP contribution in [0.5, 0.6) is 0 Å². The molecule has 2 saturated heterocycles. The van der Waals surface area contributed by atoms with Gasteiger partial charge in [0.15, 0.2) is 0 Å². The lowest BCUT2D eigenvalue weighted by atomic mass is 9.96. The van der Waals surface area contributed by atoms with Gasteiger partial charge in [-0.1, -0.05) is 6.42 Å². The zero-order valence-electron chi connectivity index (χ0n) is 11.7. The number of nitrogens with one attached hydrogen (secondary N) is 2. The SMILES string of the molecule is NS(=O)(=O)NCC1CCCN(C(=O)[C@H]2CCCCN2)C1. The van der Waals surface area contributed by atoms with E-state index in [1.165, 1.54) is 0 Å². The summed E-state index contributed by atoms with van der Waals surface area (Å²) >= 11 is 0. The van der Waals surface area contributed by atoms with Gasteiger partial charge in [-0.2, -0.15) is 8.42 Å². The lowest BCUT2D eigenvalue weighted by Gasteiger charge is -2.36. The molecule has 2 aliphatic rings. The van der Waals surface area contributed by atoms with Crippen LogP contribution in [0, 0.1) is 5.92 Å². The molecule has 2 heterocycles. The third-order valence-electron chi connectivity index (χ3n) is 4.01. The molecule has 0 radical (unpaired) electrons. The normalized spacial score (nSPS) is 28.4. The molecule has 1 amide bonds. The second-order valence-electron chi connectivity index (χ2n) is 5.69. The quantitative estimate of drug-likeness (QED) is 0.630. The molecule has 20 heavy (non-hydrogen) atoms. The summed E-state index contributed by atoms with van der Waals surface area (Å²) in [5.74, 6) is 0.305. The Morgan fingerprint density at radius 1 is 1.30 bits per heavy atom. The van der Waals surface area contributed by atoms with E-state index in [1.54, 1.807) is 0 Å². The van der Waals surface area contributed by atoms with Crippen molar-refractivity contribution in [1.29, 1.82) is 0 Å². The number of piperidine rings is 2. The molecule has 7 nitrogen and oxygen atoms in total. The van der Waals surface area contributed by atoms with Crippen molar-refractivity contribution in [3.8, 4) is 0 Å². The minimum Gasteiger partial charge on any atom is -0.341 e. The predicted molar refractivity (Wildman–Crippen MR) is 76.1 cm³/mol. The Labute approximate surface area is 120 Å². The fourth-order valence-corrected chi connectivity index (χ4v) is 3.42. The highest BCUT2D eigenvalue weighted by Gasteiger charge is 2.29. The third-order valence-corrected chi connectivity index (χ3v) is 4.58. The van der Waals surface area contributed by atoms with Crippen molar-refractivity contribution in [2.45, 2.75) is 38.1 Å². The summed E-state index contributed by atoms with van der Waals surface area (Å²) in [6.45, 7) is 2.59. The number of carbonyl (C=O) groups is 1. The molecular formula is C12H24N4O3S. The van der Waals surface area contributed by atoms with Crippen molar-refractivity contribution < 1.29 is 13.2 Å². The molecule has 2 aliphatic heterocycles. The van der Waals surface area contributed by atoms with Crippen molar-refractivity contribution in [1.82, 2.24) is 14.9 Å². The molecule has 0 spiro atoms. The molecule has 0 aliphatic carbocycles. The number of nitrogens with two attached hydrogens (primary N) is 1. The molecule has 2 atom stereocenters. The summed E-state index contributed by atoms with van der Waals surface area (Å²) in [4.78, 5) is 14.3. The van der Waals surface area contributed by atoms with Crippen molar-refractivity contribution in [2.24, 2.45) is 11.1 Å². The predicted octanol–water partition coefficient (Wildman–Crippen LogP) is -0.840. The third kappa shape index (κ3) is 4.69. The molecule has 2 rings (SSSR count). The minimum atomic E-state index is -3.65. The van der Waals surface area contributed by atoms with Gasteiger partial charge in [0, 0.05) is 19.6 Å². The van der Waals surface area contributed by atoms with E-state index in [2.05, 4.69) is 10.0 Å². The van der Waals surface area contributed by atoms with Gasteiger partial charge in [-0.15, -0.1) is 0 Å². The van der Waals surface area contributed by atoms with Gasteiger partial charge in [0.1, 0.15) is 0 Å². The first-order chi connectivity index (χ1) is 9.46. The van der Waals surface area contributed by atoms with Crippen LogP contribution in [-0.4, -0.2) is 51.4 Å². The molecule has 1 unspecified atom stereocenters. The van der Waals surface area contributed by atoms with Gasteiger partial charge >= 0.3 is 0 Å². The standard InChI is InChI=1S/C12H24N4O3S/c13-20(18,19)15-8-10-4-3-7-16(9-10)12(17)11-5-1-2-6-14-11/h10-11,14-15H,1-9H2,(H2,13,18,19)/t10?,11-/m1/s1. The highest BCUT2D eigenvalue weighted by atomic mass is 32.2. The maximum absolute atomic E-state index is 12.4. The lowest BCUT2D eigenvalue weighted by Crippen LogP contribution is -2.52. The first-order valence-electron chi connectivity index (χ1n) is 7.25. The molecule has 0 aromatic carbocycles. The number of likely N-dealkylation sites (tertiary alicyclic amines) is 1. The van der Waals surface area contributed by atoms with E-state index in [1.807, 2.05) is 4.90 Å². The second kappa shape index (κ2) is 6.84. The molecule has 0 aromatic heterocycles. The number of carbonyl (C=O) groups excluding carboxylic acids is 1. The van der Waals surface area contributed by atoms with Gasteiger partial charge < -0.3 is 10.2 Å². The smallest absolute Gasteiger partial charge is 0.274 e. The maximum Gasteiger partial charge on any atom is 0.274 e. The highest BCUT2D eigenvalue weighted by molar-refractivity contribution is 7.87. The summed E-state index contributed by atoms with van der Waals surface area (Å²) in [7, 11) is -3.65. The minimum absolute atomic E-state index is 0.0614. The Morgan fingerprint density at radius 3 is 2.75 bits per heavy atom. The summed E-state index contributed by atoms with van der Waals surface area (Å²) < 4.78 is 24.2. The fraction of sp³-hybridized carbons (Fsp3) is 0.917. The molecule has 116 valence electrons. The van der Waals surface area contributed by atoms with Gasteiger partial charge in [-0.05, 0) is 38.1 Å². The molecular weight excluding hydrogens is 280 g/mol. The van der Waals surface area contributed by atoms with E-state index >= 15 is 0 Å². The number of rotatable bonds is 4. The Balaban J connectivity index is 1.84. The van der Waals surface area contributed by atoms with Crippen LogP contribution in [0.2, 0.25) is 0 Å². The molecule has 0 saturated carbocycles. The van der Waals surface area contributed by atoms with Gasteiger partial charge in [0.25, 0.3) is 10.2 Å². The monoisotopic (exact) mass is 304 g/mol. The van der Waals surface area contributed by atoms with Crippen molar-refractivity contribution in [3.05, 3.63) is 0 Å². The summed E-state index contributed by atoms with van der Waals surface area (Å²) in [6.07, 6.45) is 4.95. The highest BCUT2D eigenvalue weighted by Crippen LogP contribution is 2.18. The largest absolute Gasteiger partial charge is 0.341 e. The van der Waals surface area contributed by atoms with Crippen molar-refractivity contribution in [3.63, 3.8) is 0 Å². The first-order valence-corrected chi connectivity index (χ1v) is 8.80. The van der Waals surface area contributed by atoms with Crippen LogP contribution in [0.1, 0.15) is 32.1 Å². The first kappa shape index (κ1) is 15.7. The van der Waals surface area contributed by atoms with Crippen LogP contribution in [0.25, 0.3) is 0 Å². The van der Waals surface area contributed by atoms with Gasteiger partial charge in [0.05, 0.1) is 6.04 Å². The Kier molecular flexibility index (Phi) is 5.36. The van der Waals surface area contributed by atoms with Gasteiger partial charge in [-0.25, -0.2) is 9.86 Å². The number of hydrogen-bond acceptors (Lipinski definition) is 4. The molecule has 2 fully saturated rings. The van der Waals surface area contributed by atoms with Gasteiger partial charge in [-0.3, -0.25) is 4.79 Å². The van der Waals surface area contributed by atoms with Gasteiger partial charge in [0.2, 0.25) is 5.91 Å². The lowest BCUT2D eigenvalue weighted by molar-refractivity contribution is -0.135. The molecule has 0 aromatic rings. The molecule has 4 N–H and O–H groups in total. The fourth-order valence-electron chi connectivity index (χ4n) is 2.95. The average Bonchev–Trinajstić information content (AvgIpc) is 2.45. The van der Waals surface area contributed by atoms with E-state index in [0.717, 1.165) is 45.2 Å². The van der Waals surface area contributed by atoms with Crippen LogP contribution >= 0.6 is 0 Å². The summed E-state index contributed by atoms with van der Waals surface area (Å²) in [5.41, 5.74) is 0. The van der Waals surface area contributed by atoms with E-state index in [4.69, 9.17) is 5.14 Å². The van der Waals surface area contributed by atoms with E-state index in [0.29, 0.717) is 13.1 Å². The molecule has 0 bridgehead atoms. The zero-order valence-corrected chi connectivity index (χ0v) is 12.5. The summed E-state index contributed by atoms with van der Waals surface area (Å²) in [5, 5.41) is 8.20. The second-order valence-corrected chi connectivity index (χ2v) is 7.07. The zero-order chi connectivity index (χ0) is 14.6. The van der Waals surface area contributed by atoms with E-state index < -0.39 is 10.2 Å². The van der Waals surface area contributed by atoms with Crippen molar-refractivity contribution >= 4 is 16.1 Å². The number of nitrogens with zero attached hydrogens (tertiary/aromatic N) is 1. The van der Waals surface area contributed by atoms with E-state index in [9.17, 15) is 13.2 Å². The van der Waals surface area contributed by atoms with Crippen LogP contribution < -0.4 is 15.2 Å². The maximum atomic E-state index is 12.4. The van der Waals surface area contributed by atoms with Crippen molar-refractivity contribution in [2.75, 3.05) is 26.2 Å². The summed E-state index contributed by atoms with van der Waals surface area (Å²) in [6, 6.07) is -0.0614. The van der Waals surface area contributed by atoms with Crippen LogP contribution in [0.15, 0.2) is 0 Å². The topological polar surface area (TPSA) is 105 Å². The van der Waals surface area contributed by atoms with Crippen LogP contribution in [-0.2, 0) is 15.0 Å². The number of hydrogen-bond donors (Lipinski definition) is 3. The van der Waals surface area contributed by atoms with Crippen LogP contribution in [0.4, 0.5) is 0 Å². The number of amides is 1. The Hall–Kier alpha value is -0.700. The Bertz CT molecular complexity index is 434.